The zero-order chi connectivity index (χ0) is 13.1. The van der Waals surface area contributed by atoms with E-state index in [9.17, 15) is 9.18 Å². The molecule has 0 aliphatic heterocycles. The molecule has 0 bridgehead atoms. The van der Waals surface area contributed by atoms with Crippen LogP contribution in [0.1, 0.15) is 19.8 Å². The van der Waals surface area contributed by atoms with Gasteiger partial charge >= 0.3 is 0 Å². The van der Waals surface area contributed by atoms with Crippen molar-refractivity contribution in [2.45, 2.75) is 19.8 Å². The second-order valence-electron chi connectivity index (χ2n) is 4.06. The number of fused-ring (bicyclic) bond motifs is 1. The third kappa shape index (κ3) is 2.27. The number of nitrogens with zero attached hydrogens (tertiary/aromatic N) is 1. The molecule has 0 unspecified atom stereocenters. The van der Waals surface area contributed by atoms with E-state index >= 15 is 0 Å². The smallest absolute Gasteiger partial charge is 0.259 e. The Morgan fingerprint density at radius 2 is 2.33 bits per heavy atom. The molecule has 0 radical (unpaired) electrons. The SMILES string of the molecule is CCCCNc1nc(N)cc2c(F)c[nH]c(=O)c12. The van der Waals surface area contributed by atoms with Gasteiger partial charge in [-0.05, 0) is 12.5 Å². The summed E-state index contributed by atoms with van der Waals surface area (Å²) in [7, 11) is 0. The molecule has 5 nitrogen and oxygen atoms in total. The number of nitrogen functional groups attached to an aromatic ring is 1. The molecule has 0 aromatic carbocycles. The predicted octanol–water partition coefficient (Wildman–Crippen LogP) is 1.86. The summed E-state index contributed by atoms with van der Waals surface area (Å²) in [5, 5.41) is 3.41. The van der Waals surface area contributed by atoms with Crippen LogP contribution in [-0.4, -0.2) is 16.5 Å². The van der Waals surface area contributed by atoms with Crippen molar-refractivity contribution in [3.05, 3.63) is 28.4 Å². The lowest BCUT2D eigenvalue weighted by Crippen LogP contribution is -2.13. The lowest BCUT2D eigenvalue weighted by atomic mass is 10.2. The van der Waals surface area contributed by atoms with Gasteiger partial charge in [0, 0.05) is 18.1 Å². The molecule has 0 aliphatic carbocycles. The zero-order valence-electron chi connectivity index (χ0n) is 10.1. The molecular formula is C12H15FN4O. The highest BCUT2D eigenvalue weighted by Crippen LogP contribution is 2.22. The van der Waals surface area contributed by atoms with Gasteiger partial charge in [-0.3, -0.25) is 4.79 Å². The summed E-state index contributed by atoms with van der Waals surface area (Å²) in [5.74, 6) is 0.00226. The van der Waals surface area contributed by atoms with Gasteiger partial charge in [-0.1, -0.05) is 13.3 Å². The van der Waals surface area contributed by atoms with E-state index < -0.39 is 5.82 Å². The summed E-state index contributed by atoms with van der Waals surface area (Å²) in [6.45, 7) is 2.72. The molecule has 0 amide bonds. The Hall–Kier alpha value is -2.11. The molecule has 0 spiro atoms. The molecule has 18 heavy (non-hydrogen) atoms. The topological polar surface area (TPSA) is 83.8 Å². The van der Waals surface area contributed by atoms with Gasteiger partial charge in [-0.25, -0.2) is 9.37 Å². The number of hydrogen-bond acceptors (Lipinski definition) is 4. The summed E-state index contributed by atoms with van der Waals surface area (Å²) < 4.78 is 13.6. The maximum Gasteiger partial charge on any atom is 0.259 e. The molecule has 6 heteroatoms. The molecule has 0 aliphatic rings. The Morgan fingerprint density at radius 3 is 3.06 bits per heavy atom. The normalized spacial score (nSPS) is 10.8. The molecule has 2 heterocycles. The first-order chi connectivity index (χ1) is 8.63. The predicted molar refractivity (Wildman–Crippen MR) is 70.1 cm³/mol. The highest BCUT2D eigenvalue weighted by Gasteiger charge is 2.11. The summed E-state index contributed by atoms with van der Waals surface area (Å²) in [6.07, 6.45) is 2.98. The number of hydrogen-bond donors (Lipinski definition) is 3. The molecule has 2 aromatic rings. The van der Waals surface area contributed by atoms with Crippen LogP contribution >= 0.6 is 0 Å². The quantitative estimate of drug-likeness (QED) is 0.723. The highest BCUT2D eigenvalue weighted by molar-refractivity contribution is 5.93. The van der Waals surface area contributed by atoms with Crippen molar-refractivity contribution in [2.75, 3.05) is 17.6 Å². The van der Waals surface area contributed by atoms with Crippen molar-refractivity contribution in [1.29, 1.82) is 0 Å². The first-order valence-electron chi connectivity index (χ1n) is 5.84. The summed E-state index contributed by atoms with van der Waals surface area (Å²) in [4.78, 5) is 18.1. The van der Waals surface area contributed by atoms with Gasteiger partial charge in [0.15, 0.2) is 0 Å². The summed E-state index contributed by atoms with van der Waals surface area (Å²) in [6, 6.07) is 1.37. The number of H-pyrrole nitrogens is 1. The molecule has 2 aromatic heterocycles. The molecule has 96 valence electrons. The van der Waals surface area contributed by atoms with Crippen molar-refractivity contribution in [1.82, 2.24) is 9.97 Å². The fraction of sp³-hybridized carbons (Fsp3) is 0.333. The summed E-state index contributed by atoms with van der Waals surface area (Å²) >= 11 is 0. The Bertz CT molecular complexity index is 623. The monoisotopic (exact) mass is 250 g/mol. The van der Waals surface area contributed by atoms with Crippen LogP contribution < -0.4 is 16.6 Å². The third-order valence-corrected chi connectivity index (χ3v) is 2.68. The minimum Gasteiger partial charge on any atom is -0.384 e. The van der Waals surface area contributed by atoms with Gasteiger partial charge in [-0.15, -0.1) is 0 Å². The van der Waals surface area contributed by atoms with Crippen LogP contribution in [0, 0.1) is 5.82 Å². The van der Waals surface area contributed by atoms with Gasteiger partial charge in [-0.2, -0.15) is 0 Å². The van der Waals surface area contributed by atoms with Crippen molar-refractivity contribution in [3.8, 4) is 0 Å². The van der Waals surface area contributed by atoms with E-state index in [1.807, 2.05) is 0 Å². The second-order valence-corrected chi connectivity index (χ2v) is 4.06. The molecule has 0 saturated heterocycles. The number of aromatic nitrogens is 2. The fourth-order valence-corrected chi connectivity index (χ4v) is 1.77. The van der Waals surface area contributed by atoms with E-state index in [-0.39, 0.29) is 22.1 Å². The van der Waals surface area contributed by atoms with Crippen LogP contribution in [0.3, 0.4) is 0 Å². The van der Waals surface area contributed by atoms with Crippen LogP contribution in [0.25, 0.3) is 10.8 Å². The van der Waals surface area contributed by atoms with Gasteiger partial charge < -0.3 is 16.0 Å². The van der Waals surface area contributed by atoms with Crippen LogP contribution in [-0.2, 0) is 0 Å². The Balaban J connectivity index is 2.57. The number of anilines is 2. The third-order valence-electron chi connectivity index (χ3n) is 2.68. The van der Waals surface area contributed by atoms with Crippen LogP contribution in [0.5, 0.6) is 0 Å². The average Bonchev–Trinajstić information content (AvgIpc) is 2.34. The number of unbranched alkanes of at least 4 members (excludes halogenated alkanes) is 1. The van der Waals surface area contributed by atoms with E-state index in [2.05, 4.69) is 22.2 Å². The van der Waals surface area contributed by atoms with Gasteiger partial charge in [0.05, 0.1) is 5.39 Å². The molecule has 0 atom stereocenters. The van der Waals surface area contributed by atoms with E-state index in [1.165, 1.54) is 6.07 Å². The van der Waals surface area contributed by atoms with Crippen LogP contribution in [0.4, 0.5) is 16.0 Å². The summed E-state index contributed by atoms with van der Waals surface area (Å²) in [5.41, 5.74) is 5.24. The van der Waals surface area contributed by atoms with Crippen molar-refractivity contribution >= 4 is 22.4 Å². The lowest BCUT2D eigenvalue weighted by Gasteiger charge is -2.09. The average molecular weight is 250 g/mol. The molecule has 0 fully saturated rings. The first kappa shape index (κ1) is 12.3. The standard InChI is InChI=1S/C12H15FN4O/c1-2-3-4-15-11-10-7(5-9(14)17-11)8(13)6-16-12(10)18/h5-6H,2-4H2,1H3,(H,16,18)(H3,14,15,17). The Kier molecular flexibility index (Phi) is 3.45. The Morgan fingerprint density at radius 1 is 1.56 bits per heavy atom. The lowest BCUT2D eigenvalue weighted by molar-refractivity contribution is 0.633. The number of aromatic amines is 1. The largest absolute Gasteiger partial charge is 0.384 e. The van der Waals surface area contributed by atoms with E-state index in [0.717, 1.165) is 19.0 Å². The zero-order valence-corrected chi connectivity index (χ0v) is 10.1. The van der Waals surface area contributed by atoms with Gasteiger partial charge in [0.25, 0.3) is 5.56 Å². The van der Waals surface area contributed by atoms with Gasteiger partial charge in [0.2, 0.25) is 0 Å². The van der Waals surface area contributed by atoms with E-state index in [1.54, 1.807) is 0 Å². The van der Waals surface area contributed by atoms with E-state index in [4.69, 9.17) is 5.73 Å². The Labute approximate surface area is 103 Å². The van der Waals surface area contributed by atoms with Crippen LogP contribution in [0.2, 0.25) is 0 Å². The fourth-order valence-electron chi connectivity index (χ4n) is 1.77. The first-order valence-corrected chi connectivity index (χ1v) is 5.84. The highest BCUT2D eigenvalue weighted by atomic mass is 19.1. The van der Waals surface area contributed by atoms with Crippen molar-refractivity contribution in [2.24, 2.45) is 0 Å². The van der Waals surface area contributed by atoms with Gasteiger partial charge in [0.1, 0.15) is 17.5 Å². The number of nitrogens with two attached hydrogens (primary N) is 1. The van der Waals surface area contributed by atoms with Crippen molar-refractivity contribution < 1.29 is 4.39 Å². The molecule has 0 saturated carbocycles. The van der Waals surface area contributed by atoms with Crippen LogP contribution in [0.15, 0.2) is 17.1 Å². The maximum atomic E-state index is 13.6. The number of halogens is 1. The van der Waals surface area contributed by atoms with Crippen molar-refractivity contribution in [3.63, 3.8) is 0 Å². The molecular weight excluding hydrogens is 235 g/mol. The molecule has 2 rings (SSSR count). The molecule has 4 N–H and O–H groups in total. The number of rotatable bonds is 4. The number of nitrogens with one attached hydrogen (secondary N) is 2. The van der Waals surface area contributed by atoms with E-state index in [0.29, 0.717) is 12.4 Å². The minimum absolute atomic E-state index is 0.185. The maximum absolute atomic E-state index is 13.6. The second kappa shape index (κ2) is 5.03. The minimum atomic E-state index is -0.516. The number of pyridine rings is 2.